The quantitative estimate of drug-likeness (QED) is 0.938. The third-order valence-corrected chi connectivity index (χ3v) is 3.71. The molecule has 0 saturated carbocycles. The molecule has 0 aliphatic heterocycles. The van der Waals surface area contributed by atoms with Gasteiger partial charge in [0, 0.05) is 29.0 Å². The first-order valence-electron chi connectivity index (χ1n) is 5.57. The molecule has 0 radical (unpaired) electrons. The van der Waals surface area contributed by atoms with Gasteiger partial charge in [0.2, 0.25) is 0 Å². The highest BCUT2D eigenvalue weighted by Crippen LogP contribution is 2.28. The zero-order valence-corrected chi connectivity index (χ0v) is 12.5. The van der Waals surface area contributed by atoms with E-state index >= 15 is 0 Å². The Bertz CT molecular complexity index is 541. The first-order chi connectivity index (χ1) is 8.61. The number of aryl methyl sites for hydroxylation is 1. The van der Waals surface area contributed by atoms with Gasteiger partial charge in [0.15, 0.2) is 0 Å². The zero-order chi connectivity index (χ0) is 13.1. The second-order valence-corrected chi connectivity index (χ2v) is 5.33. The summed E-state index contributed by atoms with van der Waals surface area (Å²) in [5, 5.41) is 8.09. The van der Waals surface area contributed by atoms with Crippen LogP contribution < -0.4 is 5.32 Å². The molecule has 1 aromatic carbocycles. The summed E-state index contributed by atoms with van der Waals surface area (Å²) >= 11 is 9.71. The van der Waals surface area contributed by atoms with Crippen molar-refractivity contribution in [3.8, 4) is 0 Å². The highest BCUT2D eigenvalue weighted by Gasteiger charge is 2.16. The van der Waals surface area contributed by atoms with Crippen molar-refractivity contribution in [1.82, 2.24) is 20.1 Å². The molecule has 0 fully saturated rings. The Morgan fingerprint density at radius 2 is 2.28 bits per heavy atom. The van der Waals surface area contributed by atoms with Crippen LogP contribution in [0.3, 0.4) is 0 Å². The maximum absolute atomic E-state index is 6.25. The molecule has 1 heterocycles. The summed E-state index contributed by atoms with van der Waals surface area (Å²) in [6.07, 6.45) is 2.30. The molecular formula is C12H14BrClN4. The number of hydrogen-bond acceptors (Lipinski definition) is 3. The molecule has 1 atom stereocenters. The first-order valence-corrected chi connectivity index (χ1v) is 6.74. The summed E-state index contributed by atoms with van der Waals surface area (Å²) in [6, 6.07) is 5.96. The van der Waals surface area contributed by atoms with Gasteiger partial charge in [-0.15, -0.1) is 0 Å². The van der Waals surface area contributed by atoms with Gasteiger partial charge in [-0.1, -0.05) is 27.5 Å². The molecule has 0 amide bonds. The molecule has 0 aliphatic rings. The van der Waals surface area contributed by atoms with E-state index in [1.54, 1.807) is 11.0 Å². The molecule has 1 unspecified atom stereocenters. The summed E-state index contributed by atoms with van der Waals surface area (Å²) in [7, 11) is 3.80. The Balaban J connectivity index is 2.28. The van der Waals surface area contributed by atoms with Crippen molar-refractivity contribution in [1.29, 1.82) is 0 Å². The molecule has 18 heavy (non-hydrogen) atoms. The van der Waals surface area contributed by atoms with E-state index in [0.29, 0.717) is 0 Å². The molecule has 2 rings (SSSR count). The second kappa shape index (κ2) is 5.82. The molecule has 4 nitrogen and oxygen atoms in total. The van der Waals surface area contributed by atoms with E-state index in [-0.39, 0.29) is 6.04 Å². The predicted molar refractivity (Wildman–Crippen MR) is 75.7 cm³/mol. The summed E-state index contributed by atoms with van der Waals surface area (Å²) in [5.74, 6) is 0.922. The van der Waals surface area contributed by atoms with E-state index in [1.807, 2.05) is 32.3 Å². The maximum atomic E-state index is 6.25. The Kier molecular flexibility index (Phi) is 4.37. The van der Waals surface area contributed by atoms with Crippen LogP contribution in [0.25, 0.3) is 0 Å². The molecular weight excluding hydrogens is 316 g/mol. The second-order valence-electron chi connectivity index (χ2n) is 4.01. The molecule has 0 saturated heterocycles. The average molecular weight is 330 g/mol. The summed E-state index contributed by atoms with van der Waals surface area (Å²) in [4.78, 5) is 4.24. The average Bonchev–Trinajstić information content (AvgIpc) is 2.75. The van der Waals surface area contributed by atoms with Crippen LogP contribution in [-0.2, 0) is 13.5 Å². The number of halogens is 2. The molecule has 0 spiro atoms. The maximum Gasteiger partial charge on any atom is 0.138 e. The zero-order valence-electron chi connectivity index (χ0n) is 10.2. The highest BCUT2D eigenvalue weighted by atomic mass is 79.9. The van der Waals surface area contributed by atoms with Crippen LogP contribution in [0.1, 0.15) is 17.4 Å². The normalized spacial score (nSPS) is 12.7. The molecule has 96 valence electrons. The van der Waals surface area contributed by atoms with Crippen LogP contribution in [-0.4, -0.2) is 21.8 Å². The predicted octanol–water partition coefficient (Wildman–Crippen LogP) is 2.73. The first kappa shape index (κ1) is 13.5. The van der Waals surface area contributed by atoms with Gasteiger partial charge in [-0.3, -0.25) is 4.68 Å². The Labute approximate surface area is 119 Å². The third-order valence-electron chi connectivity index (χ3n) is 2.87. The van der Waals surface area contributed by atoms with Gasteiger partial charge < -0.3 is 5.32 Å². The van der Waals surface area contributed by atoms with Crippen molar-refractivity contribution in [2.45, 2.75) is 12.5 Å². The minimum Gasteiger partial charge on any atom is -0.313 e. The van der Waals surface area contributed by atoms with Crippen LogP contribution in [0.15, 0.2) is 29.0 Å². The van der Waals surface area contributed by atoms with Crippen LogP contribution in [0.5, 0.6) is 0 Å². The fourth-order valence-corrected chi connectivity index (χ4v) is 2.46. The Morgan fingerprint density at radius 1 is 1.50 bits per heavy atom. The lowest BCUT2D eigenvalue weighted by Gasteiger charge is -2.17. The number of hydrogen-bond donors (Lipinski definition) is 1. The van der Waals surface area contributed by atoms with E-state index in [1.165, 1.54) is 0 Å². The SMILES string of the molecule is CNC(Cc1ncnn1C)c1cc(Br)ccc1Cl. The molecule has 6 heteroatoms. The van der Waals surface area contributed by atoms with Gasteiger partial charge in [-0.05, 0) is 30.8 Å². The Hall–Kier alpha value is -0.910. The van der Waals surface area contributed by atoms with Gasteiger partial charge in [0.25, 0.3) is 0 Å². The van der Waals surface area contributed by atoms with Crippen LogP contribution in [0, 0.1) is 0 Å². The van der Waals surface area contributed by atoms with E-state index < -0.39 is 0 Å². The molecule has 0 aliphatic carbocycles. The van der Waals surface area contributed by atoms with Crippen molar-refractivity contribution in [3.63, 3.8) is 0 Å². The fourth-order valence-electron chi connectivity index (χ4n) is 1.84. The van der Waals surface area contributed by atoms with Crippen LogP contribution in [0.4, 0.5) is 0 Å². The largest absolute Gasteiger partial charge is 0.313 e. The van der Waals surface area contributed by atoms with Crippen molar-refractivity contribution in [3.05, 3.63) is 45.4 Å². The lowest BCUT2D eigenvalue weighted by atomic mass is 10.0. The lowest BCUT2D eigenvalue weighted by Crippen LogP contribution is -2.21. The number of aromatic nitrogens is 3. The smallest absolute Gasteiger partial charge is 0.138 e. The van der Waals surface area contributed by atoms with Gasteiger partial charge in [-0.25, -0.2) is 4.98 Å². The molecule has 2 aromatic rings. The van der Waals surface area contributed by atoms with Crippen molar-refractivity contribution in [2.75, 3.05) is 7.05 Å². The minimum absolute atomic E-state index is 0.109. The van der Waals surface area contributed by atoms with Crippen LogP contribution >= 0.6 is 27.5 Å². The fraction of sp³-hybridized carbons (Fsp3) is 0.333. The van der Waals surface area contributed by atoms with Gasteiger partial charge >= 0.3 is 0 Å². The van der Waals surface area contributed by atoms with Gasteiger partial charge in [0.05, 0.1) is 0 Å². The van der Waals surface area contributed by atoms with Crippen molar-refractivity contribution >= 4 is 27.5 Å². The Morgan fingerprint density at radius 3 is 2.89 bits per heavy atom. The number of benzene rings is 1. The summed E-state index contributed by atoms with van der Waals surface area (Å²) < 4.78 is 2.79. The molecule has 1 aromatic heterocycles. The summed E-state index contributed by atoms with van der Waals surface area (Å²) in [6.45, 7) is 0. The number of likely N-dealkylation sites (N-methyl/N-ethyl adjacent to an activating group) is 1. The minimum atomic E-state index is 0.109. The van der Waals surface area contributed by atoms with Gasteiger partial charge in [0.1, 0.15) is 12.2 Å². The topological polar surface area (TPSA) is 42.7 Å². The van der Waals surface area contributed by atoms with Crippen molar-refractivity contribution < 1.29 is 0 Å². The van der Waals surface area contributed by atoms with E-state index in [4.69, 9.17) is 11.6 Å². The van der Waals surface area contributed by atoms with Gasteiger partial charge in [-0.2, -0.15) is 5.10 Å². The van der Waals surface area contributed by atoms with E-state index in [0.717, 1.165) is 27.3 Å². The molecule has 1 N–H and O–H groups in total. The van der Waals surface area contributed by atoms with Crippen LogP contribution in [0.2, 0.25) is 5.02 Å². The number of nitrogens with zero attached hydrogens (tertiary/aromatic N) is 3. The van der Waals surface area contributed by atoms with Crippen molar-refractivity contribution in [2.24, 2.45) is 7.05 Å². The highest BCUT2D eigenvalue weighted by molar-refractivity contribution is 9.10. The van der Waals surface area contributed by atoms with E-state index in [9.17, 15) is 0 Å². The lowest BCUT2D eigenvalue weighted by molar-refractivity contribution is 0.553. The number of nitrogens with one attached hydrogen (secondary N) is 1. The number of rotatable bonds is 4. The summed E-state index contributed by atoms with van der Waals surface area (Å²) in [5.41, 5.74) is 1.05. The standard InChI is InChI=1S/C12H14BrClN4/c1-15-11(6-12-16-7-17-18(12)2)9-5-8(13)3-4-10(9)14/h3-5,7,11,15H,6H2,1-2H3. The monoisotopic (exact) mass is 328 g/mol. The third kappa shape index (κ3) is 2.91. The van der Waals surface area contributed by atoms with E-state index in [2.05, 4.69) is 31.3 Å². The molecule has 0 bridgehead atoms.